The lowest BCUT2D eigenvalue weighted by molar-refractivity contribution is 0.485. The lowest BCUT2D eigenvalue weighted by Crippen LogP contribution is -1.99. The molecule has 0 spiro atoms. The Bertz CT molecular complexity index is 258. The first-order valence-corrected chi connectivity index (χ1v) is 3.43. The summed E-state index contributed by atoms with van der Waals surface area (Å²) in [6, 6.07) is 1.02. The Hall–Kier alpha value is -0.990. The summed E-state index contributed by atoms with van der Waals surface area (Å²) in [5.41, 5.74) is 0.185. The van der Waals surface area contributed by atoms with E-state index in [2.05, 4.69) is 4.98 Å². The van der Waals surface area contributed by atoms with Gasteiger partial charge in [-0.05, 0) is 12.0 Å². The maximum Gasteiger partial charge on any atom is 0.180 e. The smallest absolute Gasteiger partial charge is 0.180 e. The van der Waals surface area contributed by atoms with Gasteiger partial charge in [-0.25, -0.2) is 8.78 Å². The van der Waals surface area contributed by atoms with Crippen LogP contribution in [-0.2, 0) is 0 Å². The molecule has 0 unspecified atom stereocenters. The van der Waals surface area contributed by atoms with Crippen LogP contribution in [0.2, 0.25) is 0 Å². The third-order valence-corrected chi connectivity index (χ3v) is 1.42. The van der Waals surface area contributed by atoms with Gasteiger partial charge in [0.2, 0.25) is 0 Å². The Morgan fingerprint density at radius 3 is 2.45 bits per heavy atom. The largest absolute Gasteiger partial charge is 0.258 e. The number of hydrogen-bond donors (Lipinski definition) is 0. The molecule has 1 nitrogen and oxygen atoms in total. The lowest BCUT2D eigenvalue weighted by Gasteiger charge is -2.04. The Balaban J connectivity index is 3.17. The highest BCUT2D eigenvalue weighted by atomic mass is 19.2. The number of halogens is 2. The van der Waals surface area contributed by atoms with Crippen molar-refractivity contribution in [1.82, 2.24) is 4.98 Å². The van der Waals surface area contributed by atoms with E-state index in [4.69, 9.17) is 0 Å². The molecular formula is C8H9F2N. The second-order valence-corrected chi connectivity index (χ2v) is 2.65. The van der Waals surface area contributed by atoms with E-state index in [1.807, 2.05) is 0 Å². The van der Waals surface area contributed by atoms with E-state index < -0.39 is 11.6 Å². The summed E-state index contributed by atoms with van der Waals surface area (Å²) in [6.07, 6.45) is 1.27. The molecule has 60 valence electrons. The van der Waals surface area contributed by atoms with Gasteiger partial charge >= 0.3 is 0 Å². The average molecular weight is 157 g/mol. The van der Waals surface area contributed by atoms with Crippen LogP contribution in [0.5, 0.6) is 0 Å². The molecule has 11 heavy (non-hydrogen) atoms. The number of aromatic nitrogens is 1. The normalized spacial score (nSPS) is 10.6. The Morgan fingerprint density at radius 2 is 2.00 bits per heavy atom. The van der Waals surface area contributed by atoms with E-state index in [-0.39, 0.29) is 11.6 Å². The van der Waals surface area contributed by atoms with Crippen LogP contribution >= 0.6 is 0 Å². The van der Waals surface area contributed by atoms with Crippen LogP contribution < -0.4 is 0 Å². The Labute approximate surface area is 64.1 Å². The molecule has 1 rings (SSSR count). The summed E-state index contributed by atoms with van der Waals surface area (Å²) in [7, 11) is 0. The van der Waals surface area contributed by atoms with Crippen LogP contribution in [0.15, 0.2) is 12.3 Å². The zero-order valence-corrected chi connectivity index (χ0v) is 6.44. The van der Waals surface area contributed by atoms with E-state index in [0.29, 0.717) is 0 Å². The average Bonchev–Trinajstić information content (AvgIpc) is 1.94. The highest BCUT2D eigenvalue weighted by Crippen LogP contribution is 2.16. The molecule has 1 aromatic rings. The zero-order chi connectivity index (χ0) is 8.43. The molecule has 1 heterocycles. The molecule has 0 aliphatic carbocycles. The van der Waals surface area contributed by atoms with Crippen LogP contribution in [0.3, 0.4) is 0 Å². The molecule has 0 fully saturated rings. The molecule has 0 aliphatic rings. The van der Waals surface area contributed by atoms with Crippen LogP contribution in [0.4, 0.5) is 8.78 Å². The highest BCUT2D eigenvalue weighted by molar-refractivity contribution is 5.12. The topological polar surface area (TPSA) is 12.9 Å². The molecule has 0 N–H and O–H groups in total. The number of rotatable bonds is 1. The molecule has 0 radical (unpaired) electrons. The maximum absolute atomic E-state index is 12.8. The quantitative estimate of drug-likeness (QED) is 0.610. The first-order valence-electron chi connectivity index (χ1n) is 3.43. The highest BCUT2D eigenvalue weighted by Gasteiger charge is 2.11. The monoisotopic (exact) mass is 157 g/mol. The summed E-state index contributed by atoms with van der Waals surface area (Å²) in [4.78, 5) is 3.72. The second-order valence-electron chi connectivity index (χ2n) is 2.65. The molecule has 0 aliphatic heterocycles. The maximum atomic E-state index is 12.8. The van der Waals surface area contributed by atoms with Gasteiger partial charge in [0, 0.05) is 6.20 Å². The summed E-state index contributed by atoms with van der Waals surface area (Å²) in [6.45, 7) is 3.54. The minimum atomic E-state index is -0.831. The van der Waals surface area contributed by atoms with Crippen molar-refractivity contribution >= 4 is 0 Å². The molecule has 0 amide bonds. The predicted molar refractivity (Wildman–Crippen MR) is 38.2 cm³/mol. The van der Waals surface area contributed by atoms with E-state index in [9.17, 15) is 8.78 Å². The van der Waals surface area contributed by atoms with Gasteiger partial charge in [-0.1, -0.05) is 13.8 Å². The van der Waals surface area contributed by atoms with Gasteiger partial charge in [0.1, 0.15) is 0 Å². The number of nitrogens with zero attached hydrogens (tertiary/aromatic N) is 1. The van der Waals surface area contributed by atoms with E-state index in [1.54, 1.807) is 13.8 Å². The van der Waals surface area contributed by atoms with Crippen molar-refractivity contribution < 1.29 is 8.78 Å². The molecule has 0 atom stereocenters. The van der Waals surface area contributed by atoms with Crippen molar-refractivity contribution in [1.29, 1.82) is 0 Å². The SMILES string of the molecule is CC(C)c1nccc(F)c1F. The van der Waals surface area contributed by atoms with Crippen LogP contribution in [0.1, 0.15) is 25.5 Å². The lowest BCUT2D eigenvalue weighted by atomic mass is 10.1. The summed E-state index contributed by atoms with van der Waals surface area (Å²) < 4.78 is 25.3. The number of pyridine rings is 1. The van der Waals surface area contributed by atoms with Crippen LogP contribution in [0, 0.1) is 11.6 Å². The molecule has 3 heteroatoms. The van der Waals surface area contributed by atoms with Gasteiger partial charge in [-0.15, -0.1) is 0 Å². The van der Waals surface area contributed by atoms with Crippen LogP contribution in [0.25, 0.3) is 0 Å². The molecule has 0 saturated heterocycles. The molecule has 0 bridgehead atoms. The fraction of sp³-hybridized carbons (Fsp3) is 0.375. The van der Waals surface area contributed by atoms with Gasteiger partial charge in [0.25, 0.3) is 0 Å². The third-order valence-electron chi connectivity index (χ3n) is 1.42. The van der Waals surface area contributed by atoms with Gasteiger partial charge in [0.05, 0.1) is 5.69 Å². The minimum absolute atomic E-state index is 0.0781. The van der Waals surface area contributed by atoms with Gasteiger partial charge in [-0.2, -0.15) is 0 Å². The Morgan fingerprint density at radius 1 is 1.36 bits per heavy atom. The van der Waals surface area contributed by atoms with Crippen LogP contribution in [-0.4, -0.2) is 4.98 Å². The summed E-state index contributed by atoms with van der Waals surface area (Å²) in [5, 5.41) is 0. The Kier molecular flexibility index (Phi) is 2.17. The van der Waals surface area contributed by atoms with Gasteiger partial charge < -0.3 is 0 Å². The van der Waals surface area contributed by atoms with Crippen molar-refractivity contribution in [2.24, 2.45) is 0 Å². The zero-order valence-electron chi connectivity index (χ0n) is 6.44. The number of hydrogen-bond acceptors (Lipinski definition) is 1. The van der Waals surface area contributed by atoms with Crippen molar-refractivity contribution in [3.63, 3.8) is 0 Å². The molecule has 1 aromatic heterocycles. The van der Waals surface area contributed by atoms with Crippen molar-refractivity contribution in [2.75, 3.05) is 0 Å². The van der Waals surface area contributed by atoms with Gasteiger partial charge in [0.15, 0.2) is 11.6 Å². The fourth-order valence-electron chi connectivity index (χ4n) is 0.838. The predicted octanol–water partition coefficient (Wildman–Crippen LogP) is 2.48. The second kappa shape index (κ2) is 2.95. The first-order chi connectivity index (χ1) is 5.13. The van der Waals surface area contributed by atoms with Crippen molar-refractivity contribution in [2.45, 2.75) is 19.8 Å². The minimum Gasteiger partial charge on any atom is -0.258 e. The summed E-state index contributed by atoms with van der Waals surface area (Å²) in [5.74, 6) is -1.74. The molecule has 0 saturated carbocycles. The standard InChI is InChI=1S/C8H9F2N/c1-5(2)8-7(10)6(9)3-4-11-8/h3-5H,1-2H3. The van der Waals surface area contributed by atoms with Crippen molar-refractivity contribution in [3.05, 3.63) is 29.6 Å². The molecular weight excluding hydrogens is 148 g/mol. The van der Waals surface area contributed by atoms with E-state index in [0.717, 1.165) is 6.07 Å². The summed E-state index contributed by atoms with van der Waals surface area (Å²) >= 11 is 0. The van der Waals surface area contributed by atoms with E-state index >= 15 is 0 Å². The van der Waals surface area contributed by atoms with E-state index in [1.165, 1.54) is 6.20 Å². The molecule has 0 aromatic carbocycles. The third kappa shape index (κ3) is 1.53. The first kappa shape index (κ1) is 8.11. The van der Waals surface area contributed by atoms with Crippen molar-refractivity contribution in [3.8, 4) is 0 Å². The fourth-order valence-corrected chi connectivity index (χ4v) is 0.838. The van der Waals surface area contributed by atoms with Gasteiger partial charge in [-0.3, -0.25) is 4.98 Å².